The van der Waals surface area contributed by atoms with Gasteiger partial charge in [-0.2, -0.15) is 4.98 Å². The number of aliphatic hydroxyl groups excluding tert-OH is 1. The van der Waals surface area contributed by atoms with Crippen LogP contribution in [0.5, 0.6) is 6.01 Å². The molecule has 2 aliphatic heterocycles. The van der Waals surface area contributed by atoms with Crippen LogP contribution in [0.2, 0.25) is 0 Å². The standard InChI is InChI=1S/C10H12N2O4/c1-5-3-12-8-2-6(7(4-13)15-8)16-10(12)11-9(5)14/h3,6-8,13H,2,4H2,1H3/t6-,7-,8-/m1/s1/i1D3. The minimum absolute atomic E-state index is 0.0372. The second kappa shape index (κ2) is 3.29. The summed E-state index contributed by atoms with van der Waals surface area (Å²) in [6.45, 7) is -2.73. The first-order valence-electron chi connectivity index (χ1n) is 6.47. The van der Waals surface area contributed by atoms with E-state index in [9.17, 15) is 4.79 Å². The van der Waals surface area contributed by atoms with E-state index in [-0.39, 0.29) is 24.3 Å². The highest BCUT2D eigenvalue weighted by atomic mass is 16.6. The molecule has 1 aromatic rings. The van der Waals surface area contributed by atoms with Gasteiger partial charge in [0.2, 0.25) is 0 Å². The zero-order valence-electron chi connectivity index (χ0n) is 11.3. The first kappa shape index (κ1) is 7.03. The molecule has 0 amide bonds. The van der Waals surface area contributed by atoms with Crippen LogP contribution >= 0.6 is 0 Å². The summed E-state index contributed by atoms with van der Waals surface area (Å²) in [6, 6.07) is 0.0372. The Bertz CT molecular complexity index is 571. The maximum absolute atomic E-state index is 11.7. The number of ether oxygens (including phenoxy) is 2. The lowest BCUT2D eigenvalue weighted by atomic mass is 10.1. The summed E-state index contributed by atoms with van der Waals surface area (Å²) in [6.07, 6.45) is 0.389. The molecule has 0 aromatic carbocycles. The molecule has 1 fully saturated rings. The Hall–Kier alpha value is -1.40. The third-order valence-corrected chi connectivity index (χ3v) is 2.84. The van der Waals surface area contributed by atoms with E-state index >= 15 is 0 Å². The van der Waals surface area contributed by atoms with Crippen LogP contribution in [0.25, 0.3) is 0 Å². The minimum atomic E-state index is -2.53. The average Bonchev–Trinajstić information content (AvgIpc) is 2.65. The van der Waals surface area contributed by atoms with Crippen molar-refractivity contribution in [3.63, 3.8) is 0 Å². The van der Waals surface area contributed by atoms with E-state index in [1.54, 1.807) is 0 Å². The molecule has 3 heterocycles. The van der Waals surface area contributed by atoms with Crippen molar-refractivity contribution in [3.05, 3.63) is 22.1 Å². The van der Waals surface area contributed by atoms with Crippen molar-refractivity contribution >= 4 is 0 Å². The van der Waals surface area contributed by atoms with Gasteiger partial charge in [0.15, 0.2) is 0 Å². The van der Waals surface area contributed by atoms with Crippen LogP contribution in [0.15, 0.2) is 11.0 Å². The molecule has 1 saturated heterocycles. The number of aryl methyl sites for hydroxylation is 1. The lowest BCUT2D eigenvalue weighted by Crippen LogP contribution is -2.33. The summed E-state index contributed by atoms with van der Waals surface area (Å²) in [5.41, 5.74) is -1.19. The monoisotopic (exact) mass is 227 g/mol. The smallest absolute Gasteiger partial charge is 0.302 e. The van der Waals surface area contributed by atoms with Crippen LogP contribution in [0.1, 0.15) is 22.3 Å². The van der Waals surface area contributed by atoms with Crippen LogP contribution in [0.3, 0.4) is 0 Å². The van der Waals surface area contributed by atoms with Crippen molar-refractivity contribution in [2.45, 2.75) is 31.7 Å². The van der Waals surface area contributed by atoms with Gasteiger partial charge < -0.3 is 14.6 Å². The van der Waals surface area contributed by atoms with E-state index in [1.165, 1.54) is 10.8 Å². The fraction of sp³-hybridized carbons (Fsp3) is 0.600. The van der Waals surface area contributed by atoms with Gasteiger partial charge in [-0.1, -0.05) is 0 Å². The molecule has 0 saturated carbocycles. The topological polar surface area (TPSA) is 73.6 Å². The van der Waals surface area contributed by atoms with E-state index < -0.39 is 24.7 Å². The van der Waals surface area contributed by atoms with E-state index in [0.29, 0.717) is 6.42 Å². The Labute approximate surface area is 95.7 Å². The van der Waals surface area contributed by atoms with Gasteiger partial charge in [-0.15, -0.1) is 0 Å². The fourth-order valence-electron chi connectivity index (χ4n) is 2.04. The molecule has 16 heavy (non-hydrogen) atoms. The molecule has 3 atom stereocenters. The lowest BCUT2D eigenvalue weighted by Gasteiger charge is -2.23. The summed E-state index contributed by atoms with van der Waals surface area (Å²) in [4.78, 5) is 15.3. The maximum Gasteiger partial charge on any atom is 0.302 e. The fourth-order valence-corrected chi connectivity index (χ4v) is 2.04. The van der Waals surface area contributed by atoms with E-state index in [1.807, 2.05) is 0 Å². The second-order valence-electron chi connectivity index (χ2n) is 3.85. The highest BCUT2D eigenvalue weighted by molar-refractivity contribution is 5.12. The molecule has 0 spiro atoms. The molecular formula is C10H12N2O4. The van der Waals surface area contributed by atoms with Gasteiger partial charge in [0, 0.05) is 22.3 Å². The van der Waals surface area contributed by atoms with Crippen LogP contribution in [-0.4, -0.2) is 33.5 Å². The van der Waals surface area contributed by atoms with Gasteiger partial charge in [-0.25, -0.2) is 0 Å². The van der Waals surface area contributed by atoms with Crippen molar-refractivity contribution in [1.82, 2.24) is 9.55 Å². The number of nitrogens with zero attached hydrogens (tertiary/aromatic N) is 2. The van der Waals surface area contributed by atoms with Gasteiger partial charge in [0.1, 0.15) is 18.4 Å². The Morgan fingerprint density at radius 1 is 1.81 bits per heavy atom. The number of aromatic nitrogens is 2. The number of hydrogen-bond donors (Lipinski definition) is 1. The highest BCUT2D eigenvalue weighted by Gasteiger charge is 2.42. The minimum Gasteiger partial charge on any atom is -0.458 e. The number of hydrogen-bond acceptors (Lipinski definition) is 5. The second-order valence-corrected chi connectivity index (χ2v) is 3.85. The SMILES string of the molecule is [2H]C([2H])([2H])c1cn2c(nc1=O)O[C@@H]1C[C@H]2O[C@@H]1CO. The van der Waals surface area contributed by atoms with Crippen LogP contribution in [-0.2, 0) is 4.74 Å². The predicted molar refractivity (Wildman–Crippen MR) is 53.3 cm³/mol. The third-order valence-electron chi connectivity index (χ3n) is 2.84. The van der Waals surface area contributed by atoms with Gasteiger partial charge in [0.05, 0.1) is 6.61 Å². The van der Waals surface area contributed by atoms with E-state index in [2.05, 4.69) is 4.98 Å². The van der Waals surface area contributed by atoms with Crippen molar-refractivity contribution < 1.29 is 18.7 Å². The predicted octanol–water partition coefficient (Wildman–Crippen LogP) is -0.407. The zero-order chi connectivity index (χ0) is 13.8. The summed E-state index contributed by atoms with van der Waals surface area (Å²) < 4.78 is 34.3. The summed E-state index contributed by atoms with van der Waals surface area (Å²) >= 11 is 0. The first-order valence-corrected chi connectivity index (χ1v) is 4.97. The Balaban J connectivity index is 2.07. The highest BCUT2D eigenvalue weighted by Crippen LogP contribution is 2.37. The molecule has 86 valence electrons. The van der Waals surface area contributed by atoms with Crippen LogP contribution in [0.4, 0.5) is 0 Å². The van der Waals surface area contributed by atoms with Gasteiger partial charge in [-0.05, 0) is 6.85 Å². The van der Waals surface area contributed by atoms with Crippen molar-refractivity contribution in [2.24, 2.45) is 0 Å². The molecule has 2 bridgehead atoms. The van der Waals surface area contributed by atoms with Crippen LogP contribution < -0.4 is 10.3 Å². The number of fused-ring (bicyclic) bond motifs is 4. The largest absolute Gasteiger partial charge is 0.458 e. The summed E-state index contributed by atoms with van der Waals surface area (Å²) in [5.74, 6) is 0. The molecule has 6 heteroatoms. The first-order chi connectivity index (χ1) is 8.90. The normalized spacial score (nSPS) is 34.6. The third kappa shape index (κ3) is 1.27. The molecule has 1 aromatic heterocycles. The van der Waals surface area contributed by atoms with Crippen molar-refractivity contribution in [1.29, 1.82) is 0 Å². The van der Waals surface area contributed by atoms with E-state index in [0.717, 1.165) is 0 Å². The average molecular weight is 227 g/mol. The molecule has 2 aliphatic rings. The Morgan fingerprint density at radius 3 is 3.44 bits per heavy atom. The summed E-state index contributed by atoms with van der Waals surface area (Å²) in [7, 11) is 0. The quantitative estimate of drug-likeness (QED) is 0.706. The van der Waals surface area contributed by atoms with Gasteiger partial charge in [0.25, 0.3) is 5.56 Å². The molecule has 0 aliphatic carbocycles. The molecule has 6 nitrogen and oxygen atoms in total. The number of aliphatic hydroxyl groups is 1. The van der Waals surface area contributed by atoms with Crippen LogP contribution in [0, 0.1) is 6.85 Å². The van der Waals surface area contributed by atoms with Gasteiger partial charge in [-0.3, -0.25) is 9.36 Å². The molecule has 3 rings (SSSR count). The lowest BCUT2D eigenvalue weighted by molar-refractivity contribution is -0.0247. The molecule has 0 radical (unpaired) electrons. The Morgan fingerprint density at radius 2 is 2.69 bits per heavy atom. The van der Waals surface area contributed by atoms with Crippen molar-refractivity contribution in [3.8, 4) is 6.01 Å². The van der Waals surface area contributed by atoms with Crippen molar-refractivity contribution in [2.75, 3.05) is 6.61 Å². The summed E-state index contributed by atoms with van der Waals surface area (Å²) in [5, 5.41) is 9.14. The maximum atomic E-state index is 11.7. The van der Waals surface area contributed by atoms with Gasteiger partial charge >= 0.3 is 6.01 Å². The molecule has 1 N–H and O–H groups in total. The molecule has 0 unspecified atom stereocenters. The zero-order valence-corrected chi connectivity index (χ0v) is 8.29. The Kier molecular flexibility index (Phi) is 1.45. The van der Waals surface area contributed by atoms with E-state index in [4.69, 9.17) is 18.7 Å². The number of rotatable bonds is 1. The molecular weight excluding hydrogens is 212 g/mol.